The number of carbonyl (C=O) groups is 4. The number of aromatic amines is 1. The van der Waals surface area contributed by atoms with Crippen molar-refractivity contribution in [3.8, 4) is 0 Å². The smallest absolute Gasteiger partial charge is 0.326 e. The molecule has 150 valence electrons. The number of nitrogens with one attached hydrogen (secondary N) is 3. The minimum atomic E-state index is -1.34. The number of hydrogen-bond donors (Lipinski definition) is 6. The van der Waals surface area contributed by atoms with E-state index in [-0.39, 0.29) is 12.3 Å². The summed E-state index contributed by atoms with van der Waals surface area (Å²) in [5.41, 5.74) is 6.05. The van der Waals surface area contributed by atoms with Crippen molar-refractivity contribution in [1.82, 2.24) is 20.6 Å². The summed E-state index contributed by atoms with van der Waals surface area (Å²) in [5, 5.41) is 22.9. The third-order valence-electron chi connectivity index (χ3n) is 4.12. The van der Waals surface area contributed by atoms with E-state index in [2.05, 4.69) is 20.6 Å². The van der Waals surface area contributed by atoms with Crippen LogP contribution in [-0.2, 0) is 25.6 Å². The Balaban J connectivity index is 2.92. The van der Waals surface area contributed by atoms with Crippen molar-refractivity contribution in [2.24, 2.45) is 11.7 Å². The predicted octanol–water partition coefficient (Wildman–Crippen LogP) is -1.15. The molecule has 0 saturated heterocycles. The molecule has 7 N–H and O–H groups in total. The largest absolute Gasteiger partial charge is 0.481 e. The molecule has 0 aliphatic heterocycles. The number of imidazole rings is 1. The molecular formula is C16H25N5O6. The molecular weight excluding hydrogens is 358 g/mol. The van der Waals surface area contributed by atoms with Gasteiger partial charge in [0, 0.05) is 18.3 Å². The molecule has 11 heteroatoms. The first-order chi connectivity index (χ1) is 12.6. The molecule has 27 heavy (non-hydrogen) atoms. The summed E-state index contributed by atoms with van der Waals surface area (Å²) in [4.78, 5) is 53.4. The molecule has 1 rings (SSSR count). The Kier molecular flexibility index (Phi) is 8.39. The van der Waals surface area contributed by atoms with Gasteiger partial charge >= 0.3 is 11.9 Å². The van der Waals surface area contributed by atoms with Crippen LogP contribution in [0.15, 0.2) is 12.5 Å². The van der Waals surface area contributed by atoms with Crippen LogP contribution in [0.4, 0.5) is 0 Å². The summed E-state index contributed by atoms with van der Waals surface area (Å²) in [6.07, 6.45) is 2.77. The zero-order valence-electron chi connectivity index (χ0n) is 15.1. The number of carboxylic acids is 2. The molecule has 1 heterocycles. The Morgan fingerprint density at radius 2 is 1.89 bits per heavy atom. The van der Waals surface area contributed by atoms with E-state index in [1.165, 1.54) is 12.5 Å². The Morgan fingerprint density at radius 3 is 2.37 bits per heavy atom. The van der Waals surface area contributed by atoms with Crippen molar-refractivity contribution in [2.45, 2.75) is 51.2 Å². The van der Waals surface area contributed by atoms with Gasteiger partial charge in [-0.1, -0.05) is 20.3 Å². The summed E-state index contributed by atoms with van der Waals surface area (Å²) in [7, 11) is 0. The van der Waals surface area contributed by atoms with Crippen molar-refractivity contribution >= 4 is 23.8 Å². The van der Waals surface area contributed by atoms with E-state index in [9.17, 15) is 24.3 Å². The zero-order chi connectivity index (χ0) is 20.6. The molecule has 4 atom stereocenters. The number of nitrogens with zero attached hydrogens (tertiary/aromatic N) is 1. The van der Waals surface area contributed by atoms with E-state index in [1.54, 1.807) is 13.8 Å². The third-order valence-corrected chi connectivity index (χ3v) is 4.12. The average Bonchev–Trinajstić information content (AvgIpc) is 3.10. The molecule has 1 aromatic rings. The number of rotatable bonds is 11. The van der Waals surface area contributed by atoms with Crippen LogP contribution in [0, 0.1) is 5.92 Å². The van der Waals surface area contributed by atoms with Crippen LogP contribution in [0.1, 0.15) is 32.4 Å². The van der Waals surface area contributed by atoms with Crippen LogP contribution in [0.3, 0.4) is 0 Å². The normalized spacial score (nSPS) is 15.2. The second kappa shape index (κ2) is 10.3. The van der Waals surface area contributed by atoms with Gasteiger partial charge in [0.05, 0.1) is 18.8 Å². The van der Waals surface area contributed by atoms with Crippen molar-refractivity contribution in [3.63, 3.8) is 0 Å². The third kappa shape index (κ3) is 7.05. The van der Waals surface area contributed by atoms with Gasteiger partial charge in [-0.2, -0.15) is 0 Å². The highest BCUT2D eigenvalue weighted by molar-refractivity contribution is 5.93. The van der Waals surface area contributed by atoms with Crippen LogP contribution >= 0.6 is 0 Å². The van der Waals surface area contributed by atoms with E-state index in [4.69, 9.17) is 10.8 Å². The number of carbonyl (C=O) groups excluding carboxylic acids is 2. The number of amides is 2. The number of H-pyrrole nitrogens is 1. The fourth-order valence-electron chi connectivity index (χ4n) is 2.32. The monoisotopic (exact) mass is 383 g/mol. The average molecular weight is 383 g/mol. The number of aromatic nitrogens is 2. The second-order valence-electron chi connectivity index (χ2n) is 6.26. The van der Waals surface area contributed by atoms with E-state index in [0.29, 0.717) is 12.1 Å². The number of hydrogen-bond acceptors (Lipinski definition) is 6. The molecule has 0 spiro atoms. The highest BCUT2D eigenvalue weighted by Gasteiger charge is 2.31. The van der Waals surface area contributed by atoms with Gasteiger partial charge < -0.3 is 31.6 Å². The van der Waals surface area contributed by atoms with Gasteiger partial charge in [-0.25, -0.2) is 9.78 Å². The van der Waals surface area contributed by atoms with Crippen LogP contribution in [0.5, 0.6) is 0 Å². The first-order valence-electron chi connectivity index (χ1n) is 8.43. The highest BCUT2D eigenvalue weighted by Crippen LogP contribution is 2.09. The SMILES string of the molecule is CCC(C)C(NC(=O)C(Cc1cnc[nH]1)NC(=O)C(N)CC(=O)O)C(=O)O. The molecule has 11 nitrogen and oxygen atoms in total. The Morgan fingerprint density at radius 1 is 1.22 bits per heavy atom. The van der Waals surface area contributed by atoms with Gasteiger partial charge in [0.1, 0.15) is 12.1 Å². The van der Waals surface area contributed by atoms with Crippen LogP contribution in [0.25, 0.3) is 0 Å². The molecule has 0 aliphatic rings. The Labute approximate surface area is 155 Å². The number of nitrogens with two attached hydrogens (primary N) is 1. The molecule has 0 aromatic carbocycles. The summed E-state index contributed by atoms with van der Waals surface area (Å²) in [6.45, 7) is 3.48. The lowest BCUT2D eigenvalue weighted by Gasteiger charge is -2.24. The lowest BCUT2D eigenvalue weighted by Crippen LogP contribution is -2.56. The van der Waals surface area contributed by atoms with Gasteiger partial charge in [-0.05, 0) is 5.92 Å². The maximum Gasteiger partial charge on any atom is 0.326 e. The van der Waals surface area contributed by atoms with E-state index in [1.807, 2.05) is 0 Å². The molecule has 0 bridgehead atoms. The molecule has 1 aromatic heterocycles. The molecule has 0 aliphatic carbocycles. The van der Waals surface area contributed by atoms with Crippen molar-refractivity contribution in [1.29, 1.82) is 0 Å². The van der Waals surface area contributed by atoms with Gasteiger partial charge in [-0.15, -0.1) is 0 Å². The molecule has 0 fully saturated rings. The first-order valence-corrected chi connectivity index (χ1v) is 8.43. The molecule has 4 unspecified atom stereocenters. The lowest BCUT2D eigenvalue weighted by atomic mass is 9.98. The lowest BCUT2D eigenvalue weighted by molar-refractivity contribution is -0.144. The minimum Gasteiger partial charge on any atom is -0.481 e. The summed E-state index contributed by atoms with van der Waals surface area (Å²) < 4.78 is 0. The summed E-state index contributed by atoms with van der Waals surface area (Å²) >= 11 is 0. The van der Waals surface area contributed by atoms with Crippen LogP contribution in [0.2, 0.25) is 0 Å². The summed E-state index contributed by atoms with van der Waals surface area (Å²) in [5.74, 6) is -4.31. The first kappa shape index (κ1) is 22.1. The zero-order valence-corrected chi connectivity index (χ0v) is 15.1. The van der Waals surface area contributed by atoms with Crippen molar-refractivity contribution < 1.29 is 29.4 Å². The standard InChI is InChI=1S/C16H25N5O6/c1-3-8(2)13(16(26)27)21-15(25)11(4-9-6-18-7-19-9)20-14(24)10(17)5-12(22)23/h6-8,10-11,13H,3-5,17H2,1-2H3,(H,18,19)(H,20,24)(H,21,25)(H,22,23)(H,26,27). The molecule has 2 amide bonds. The van der Waals surface area contributed by atoms with Gasteiger partial charge in [0.2, 0.25) is 11.8 Å². The van der Waals surface area contributed by atoms with Crippen molar-refractivity contribution in [3.05, 3.63) is 18.2 Å². The minimum absolute atomic E-state index is 0.00418. The van der Waals surface area contributed by atoms with Crippen molar-refractivity contribution in [2.75, 3.05) is 0 Å². The fraction of sp³-hybridized carbons (Fsp3) is 0.562. The molecule has 0 saturated carbocycles. The van der Waals surface area contributed by atoms with Crippen LogP contribution in [-0.4, -0.2) is 62.1 Å². The van der Waals surface area contributed by atoms with E-state index >= 15 is 0 Å². The van der Waals surface area contributed by atoms with Gasteiger partial charge in [0.25, 0.3) is 0 Å². The second-order valence-corrected chi connectivity index (χ2v) is 6.26. The maximum absolute atomic E-state index is 12.6. The Bertz CT molecular complexity index is 662. The summed E-state index contributed by atoms with van der Waals surface area (Å²) in [6, 6.07) is -3.62. The highest BCUT2D eigenvalue weighted by atomic mass is 16.4. The topological polar surface area (TPSA) is 187 Å². The Hall–Kier alpha value is -2.95. The number of carboxylic acid groups (broad SMARTS) is 2. The number of aliphatic carboxylic acids is 2. The maximum atomic E-state index is 12.6. The van der Waals surface area contributed by atoms with E-state index in [0.717, 1.165) is 0 Å². The predicted molar refractivity (Wildman–Crippen MR) is 93.5 cm³/mol. The van der Waals surface area contributed by atoms with Gasteiger partial charge in [-0.3, -0.25) is 14.4 Å². The fourth-order valence-corrected chi connectivity index (χ4v) is 2.32. The van der Waals surface area contributed by atoms with Gasteiger partial charge in [0.15, 0.2) is 0 Å². The molecule has 0 radical (unpaired) electrons. The quantitative estimate of drug-likeness (QED) is 0.276. The van der Waals surface area contributed by atoms with Crippen LogP contribution < -0.4 is 16.4 Å². The van der Waals surface area contributed by atoms with E-state index < -0.39 is 48.3 Å².